The maximum atomic E-state index is 12.3. The van der Waals surface area contributed by atoms with Crippen LogP contribution in [0.3, 0.4) is 0 Å². The third-order valence-electron chi connectivity index (χ3n) is 3.12. The highest BCUT2D eigenvalue weighted by atomic mass is 35.5. The first-order valence-corrected chi connectivity index (χ1v) is 8.66. The Morgan fingerprint density at radius 2 is 1.87 bits per heavy atom. The van der Waals surface area contributed by atoms with E-state index in [-0.39, 0.29) is 11.3 Å². The highest BCUT2D eigenvalue weighted by Crippen LogP contribution is 2.38. The molecule has 0 aliphatic rings. The van der Waals surface area contributed by atoms with E-state index >= 15 is 0 Å². The van der Waals surface area contributed by atoms with Crippen LogP contribution in [0, 0.1) is 0 Å². The molecule has 0 unspecified atom stereocenters. The van der Waals surface area contributed by atoms with Crippen LogP contribution < -0.4 is 5.32 Å². The molecule has 116 valence electrons. The topological polar surface area (TPSA) is 66.4 Å². The molecule has 0 aliphatic carbocycles. The third kappa shape index (κ3) is 3.14. The van der Waals surface area contributed by atoms with Gasteiger partial charge in [0, 0.05) is 10.3 Å². The fraction of sp³-hybridized carbons (Fsp3) is 0. The number of hydrogen-bond donors (Lipinski definition) is 2. The molecular formula is C16H10ClNO3S2. The van der Waals surface area contributed by atoms with Gasteiger partial charge in [-0.05, 0) is 23.6 Å². The first-order valence-electron chi connectivity index (χ1n) is 6.52. The van der Waals surface area contributed by atoms with Crippen LogP contribution in [0.2, 0.25) is 5.02 Å². The average Bonchev–Trinajstić information content (AvgIpc) is 3.16. The van der Waals surface area contributed by atoms with Crippen molar-refractivity contribution in [1.29, 1.82) is 0 Å². The van der Waals surface area contributed by atoms with Gasteiger partial charge in [0.05, 0.1) is 21.2 Å². The first-order chi connectivity index (χ1) is 11.1. The van der Waals surface area contributed by atoms with Crippen LogP contribution in [0.25, 0.3) is 9.75 Å². The lowest BCUT2D eigenvalue weighted by atomic mass is 10.1. The van der Waals surface area contributed by atoms with Gasteiger partial charge in [0.15, 0.2) is 0 Å². The van der Waals surface area contributed by atoms with E-state index in [2.05, 4.69) is 5.32 Å². The van der Waals surface area contributed by atoms with Crippen molar-refractivity contribution >= 4 is 51.8 Å². The minimum absolute atomic E-state index is 0.0952. The van der Waals surface area contributed by atoms with Gasteiger partial charge in [-0.2, -0.15) is 0 Å². The summed E-state index contributed by atoms with van der Waals surface area (Å²) in [6.45, 7) is 0. The molecule has 4 nitrogen and oxygen atoms in total. The number of amides is 1. The molecule has 3 rings (SSSR count). The molecule has 0 spiro atoms. The predicted octanol–water partition coefficient (Wildman–Crippen LogP) is 5.08. The Labute approximate surface area is 145 Å². The molecule has 0 atom stereocenters. The van der Waals surface area contributed by atoms with Crippen molar-refractivity contribution in [2.75, 3.05) is 5.32 Å². The molecular weight excluding hydrogens is 354 g/mol. The number of aromatic carboxylic acids is 1. The van der Waals surface area contributed by atoms with E-state index in [1.807, 2.05) is 17.5 Å². The van der Waals surface area contributed by atoms with Crippen molar-refractivity contribution in [3.8, 4) is 9.75 Å². The Balaban J connectivity index is 1.97. The summed E-state index contributed by atoms with van der Waals surface area (Å²) in [6, 6.07) is 10.3. The van der Waals surface area contributed by atoms with E-state index in [1.54, 1.807) is 29.6 Å². The smallest absolute Gasteiger partial charge is 0.339 e. The third-order valence-corrected chi connectivity index (χ3v) is 5.48. The number of carboxylic acids is 1. The Hall–Kier alpha value is -2.15. The van der Waals surface area contributed by atoms with Gasteiger partial charge in [0.25, 0.3) is 5.91 Å². The van der Waals surface area contributed by atoms with Crippen molar-refractivity contribution in [2.24, 2.45) is 0 Å². The van der Waals surface area contributed by atoms with Crippen molar-refractivity contribution < 1.29 is 14.7 Å². The number of nitrogens with one attached hydrogen (secondary N) is 1. The van der Waals surface area contributed by atoms with Gasteiger partial charge in [0.1, 0.15) is 5.56 Å². The highest BCUT2D eigenvalue weighted by molar-refractivity contribution is 7.21. The summed E-state index contributed by atoms with van der Waals surface area (Å²) < 4.78 is 0. The number of carboxylic acid groups (broad SMARTS) is 1. The quantitative estimate of drug-likeness (QED) is 0.679. The van der Waals surface area contributed by atoms with Crippen LogP contribution in [0.1, 0.15) is 20.7 Å². The van der Waals surface area contributed by atoms with Crippen LogP contribution in [0.15, 0.2) is 47.2 Å². The van der Waals surface area contributed by atoms with Crippen LogP contribution >= 0.6 is 34.3 Å². The highest BCUT2D eigenvalue weighted by Gasteiger charge is 2.22. The summed E-state index contributed by atoms with van der Waals surface area (Å²) in [5.41, 5.74) is 0.669. The standard InChI is InChI=1S/C16H10ClNO3S2/c17-10-5-2-1-4-9(10)15(19)18-11-8-23-14(13(11)16(20)21)12-6-3-7-22-12/h1-8H,(H,18,19)(H,20,21). The van der Waals surface area contributed by atoms with Crippen LogP contribution in [-0.4, -0.2) is 17.0 Å². The summed E-state index contributed by atoms with van der Waals surface area (Å²) in [7, 11) is 0. The fourth-order valence-electron chi connectivity index (χ4n) is 2.09. The largest absolute Gasteiger partial charge is 0.478 e. The van der Waals surface area contributed by atoms with Gasteiger partial charge < -0.3 is 10.4 Å². The van der Waals surface area contributed by atoms with Gasteiger partial charge in [-0.15, -0.1) is 22.7 Å². The van der Waals surface area contributed by atoms with E-state index in [0.717, 1.165) is 4.88 Å². The fourth-order valence-corrected chi connectivity index (χ4v) is 4.18. The molecule has 0 aliphatic heterocycles. The summed E-state index contributed by atoms with van der Waals surface area (Å²) >= 11 is 8.74. The van der Waals surface area contributed by atoms with E-state index in [9.17, 15) is 14.7 Å². The monoisotopic (exact) mass is 363 g/mol. The van der Waals surface area contributed by atoms with Gasteiger partial charge in [-0.25, -0.2) is 4.79 Å². The molecule has 2 aromatic heterocycles. The molecule has 1 aromatic carbocycles. The first kappa shape index (κ1) is 15.7. The zero-order valence-corrected chi connectivity index (χ0v) is 14.0. The molecule has 7 heteroatoms. The molecule has 0 radical (unpaired) electrons. The molecule has 2 heterocycles. The average molecular weight is 364 g/mol. The molecule has 0 saturated carbocycles. The normalized spacial score (nSPS) is 10.5. The predicted molar refractivity (Wildman–Crippen MR) is 94.0 cm³/mol. The lowest BCUT2D eigenvalue weighted by Gasteiger charge is -2.07. The van der Waals surface area contributed by atoms with Gasteiger partial charge in [-0.1, -0.05) is 29.8 Å². The number of halogens is 1. The van der Waals surface area contributed by atoms with E-state index < -0.39 is 11.9 Å². The minimum Gasteiger partial charge on any atom is -0.478 e. The lowest BCUT2D eigenvalue weighted by molar-refractivity contribution is 0.0699. The Morgan fingerprint density at radius 3 is 2.52 bits per heavy atom. The number of carbonyl (C=O) groups is 2. The second kappa shape index (κ2) is 6.54. The second-order valence-electron chi connectivity index (χ2n) is 4.57. The van der Waals surface area contributed by atoms with E-state index in [1.165, 1.54) is 22.7 Å². The number of hydrogen-bond acceptors (Lipinski definition) is 4. The SMILES string of the molecule is O=C(Nc1csc(-c2cccs2)c1C(=O)O)c1ccccc1Cl. The van der Waals surface area contributed by atoms with Gasteiger partial charge in [-0.3, -0.25) is 4.79 Å². The number of thiophene rings is 2. The van der Waals surface area contributed by atoms with Gasteiger partial charge in [0.2, 0.25) is 0 Å². The van der Waals surface area contributed by atoms with Crippen molar-refractivity contribution in [3.05, 3.63) is 63.3 Å². The second-order valence-corrected chi connectivity index (χ2v) is 6.80. The number of rotatable bonds is 4. The zero-order chi connectivity index (χ0) is 16.4. The van der Waals surface area contributed by atoms with Crippen molar-refractivity contribution in [2.45, 2.75) is 0 Å². The Bertz CT molecular complexity index is 871. The number of anilines is 1. The number of carbonyl (C=O) groups excluding carboxylic acids is 1. The molecule has 23 heavy (non-hydrogen) atoms. The van der Waals surface area contributed by atoms with Crippen LogP contribution in [-0.2, 0) is 0 Å². The van der Waals surface area contributed by atoms with E-state index in [0.29, 0.717) is 15.5 Å². The van der Waals surface area contributed by atoms with Crippen molar-refractivity contribution in [1.82, 2.24) is 0 Å². The lowest BCUT2D eigenvalue weighted by Crippen LogP contribution is -2.14. The van der Waals surface area contributed by atoms with Crippen LogP contribution in [0.4, 0.5) is 5.69 Å². The molecule has 0 saturated heterocycles. The van der Waals surface area contributed by atoms with E-state index in [4.69, 9.17) is 11.6 Å². The summed E-state index contributed by atoms with van der Waals surface area (Å²) in [4.78, 5) is 25.4. The van der Waals surface area contributed by atoms with Crippen molar-refractivity contribution in [3.63, 3.8) is 0 Å². The Morgan fingerprint density at radius 1 is 1.09 bits per heavy atom. The summed E-state index contributed by atoms with van der Waals surface area (Å²) in [5, 5.41) is 16.0. The maximum Gasteiger partial charge on any atom is 0.339 e. The maximum absolute atomic E-state index is 12.3. The van der Waals surface area contributed by atoms with Crippen LogP contribution in [0.5, 0.6) is 0 Å². The number of benzene rings is 1. The Kier molecular flexibility index (Phi) is 4.47. The molecule has 0 bridgehead atoms. The summed E-state index contributed by atoms with van der Waals surface area (Å²) in [6.07, 6.45) is 0. The zero-order valence-electron chi connectivity index (χ0n) is 11.6. The summed E-state index contributed by atoms with van der Waals surface area (Å²) in [5.74, 6) is -1.52. The minimum atomic E-state index is -1.08. The molecule has 2 N–H and O–H groups in total. The molecule has 3 aromatic rings. The molecule has 0 fully saturated rings. The molecule has 1 amide bonds. The van der Waals surface area contributed by atoms with Gasteiger partial charge >= 0.3 is 5.97 Å².